The van der Waals surface area contributed by atoms with Gasteiger partial charge in [0.15, 0.2) is 0 Å². The van der Waals surface area contributed by atoms with Crippen molar-refractivity contribution >= 4 is 40.3 Å². The second-order valence-corrected chi connectivity index (χ2v) is 5.97. The molecule has 2 aromatic rings. The molecule has 0 bridgehead atoms. The summed E-state index contributed by atoms with van der Waals surface area (Å²) in [5, 5.41) is 14.6. The van der Waals surface area contributed by atoms with Crippen LogP contribution in [0.5, 0.6) is 0 Å². The highest BCUT2D eigenvalue weighted by atomic mass is 127. The van der Waals surface area contributed by atoms with Crippen molar-refractivity contribution in [1.29, 1.82) is 0 Å². The van der Waals surface area contributed by atoms with E-state index in [1.165, 1.54) is 6.07 Å². The Labute approximate surface area is 141 Å². The summed E-state index contributed by atoms with van der Waals surface area (Å²) in [7, 11) is 0. The van der Waals surface area contributed by atoms with E-state index >= 15 is 0 Å². The molecule has 2 amide bonds. The third kappa shape index (κ3) is 4.20. The standard InChI is InChI=1S/C16H15IN2O3/c1-10(11-5-3-2-4-6-11)18-16(22)19-14-8-7-12(17)9-13(14)15(20)21/h2-10H,1H3,(H,20,21)(H2,18,19,22)/t10-/m0/s1. The van der Waals surface area contributed by atoms with Gasteiger partial charge in [-0.1, -0.05) is 30.3 Å². The second-order valence-electron chi connectivity index (χ2n) is 4.73. The van der Waals surface area contributed by atoms with E-state index < -0.39 is 12.0 Å². The maximum atomic E-state index is 12.0. The molecule has 3 N–H and O–H groups in total. The molecule has 0 saturated heterocycles. The maximum absolute atomic E-state index is 12.0. The maximum Gasteiger partial charge on any atom is 0.337 e. The first kappa shape index (κ1) is 16.3. The van der Waals surface area contributed by atoms with Crippen LogP contribution in [0.3, 0.4) is 0 Å². The zero-order valence-corrected chi connectivity index (χ0v) is 14.0. The molecule has 0 heterocycles. The molecule has 5 nitrogen and oxygen atoms in total. The highest BCUT2D eigenvalue weighted by Gasteiger charge is 2.14. The van der Waals surface area contributed by atoms with Gasteiger partial charge in [-0.05, 0) is 53.3 Å². The van der Waals surface area contributed by atoms with Crippen LogP contribution in [-0.4, -0.2) is 17.1 Å². The van der Waals surface area contributed by atoms with Crippen LogP contribution in [0.2, 0.25) is 0 Å². The van der Waals surface area contributed by atoms with Gasteiger partial charge in [-0.15, -0.1) is 0 Å². The van der Waals surface area contributed by atoms with E-state index in [1.807, 2.05) is 59.8 Å². The van der Waals surface area contributed by atoms with Crippen LogP contribution in [0.4, 0.5) is 10.5 Å². The molecule has 0 aliphatic heterocycles. The van der Waals surface area contributed by atoms with Crippen molar-refractivity contribution in [2.45, 2.75) is 13.0 Å². The lowest BCUT2D eigenvalue weighted by Gasteiger charge is -2.16. The van der Waals surface area contributed by atoms with Gasteiger partial charge in [0, 0.05) is 3.57 Å². The third-order valence-corrected chi connectivity index (χ3v) is 3.78. The fourth-order valence-corrected chi connectivity index (χ4v) is 2.47. The monoisotopic (exact) mass is 410 g/mol. The van der Waals surface area contributed by atoms with Crippen molar-refractivity contribution in [2.75, 3.05) is 5.32 Å². The number of hydrogen-bond acceptors (Lipinski definition) is 2. The van der Waals surface area contributed by atoms with Crippen LogP contribution in [0, 0.1) is 3.57 Å². The summed E-state index contributed by atoms with van der Waals surface area (Å²) in [5.74, 6) is -1.08. The number of aromatic carboxylic acids is 1. The first-order chi connectivity index (χ1) is 10.5. The summed E-state index contributed by atoms with van der Waals surface area (Å²) in [5.41, 5.74) is 1.30. The first-order valence-electron chi connectivity index (χ1n) is 6.62. The van der Waals surface area contributed by atoms with Crippen molar-refractivity contribution in [1.82, 2.24) is 5.32 Å². The predicted octanol–water partition coefficient (Wildman–Crippen LogP) is 3.87. The lowest BCUT2D eigenvalue weighted by Crippen LogP contribution is -2.31. The molecule has 2 aromatic carbocycles. The summed E-state index contributed by atoms with van der Waals surface area (Å²) in [4.78, 5) is 23.3. The number of benzene rings is 2. The van der Waals surface area contributed by atoms with Crippen molar-refractivity contribution in [2.24, 2.45) is 0 Å². The number of urea groups is 1. The quantitative estimate of drug-likeness (QED) is 0.670. The Morgan fingerprint density at radius 1 is 1.14 bits per heavy atom. The minimum atomic E-state index is -1.08. The van der Waals surface area contributed by atoms with Crippen LogP contribution in [0.1, 0.15) is 28.9 Å². The lowest BCUT2D eigenvalue weighted by molar-refractivity contribution is 0.0698. The molecule has 0 spiro atoms. The van der Waals surface area contributed by atoms with Gasteiger partial charge in [0.1, 0.15) is 0 Å². The van der Waals surface area contributed by atoms with Crippen molar-refractivity contribution in [3.8, 4) is 0 Å². The summed E-state index contributed by atoms with van der Waals surface area (Å²) < 4.78 is 0.790. The number of carboxylic acid groups (broad SMARTS) is 1. The van der Waals surface area contributed by atoms with Crippen molar-refractivity contribution in [3.05, 3.63) is 63.2 Å². The predicted molar refractivity (Wildman–Crippen MR) is 93.1 cm³/mol. The molecule has 0 aromatic heterocycles. The van der Waals surface area contributed by atoms with E-state index in [0.29, 0.717) is 0 Å². The van der Waals surface area contributed by atoms with E-state index in [4.69, 9.17) is 0 Å². The van der Waals surface area contributed by atoms with E-state index in [-0.39, 0.29) is 17.3 Å². The highest BCUT2D eigenvalue weighted by Crippen LogP contribution is 2.19. The minimum absolute atomic E-state index is 0.0643. The van der Waals surface area contributed by atoms with Crippen LogP contribution in [0.25, 0.3) is 0 Å². The third-order valence-electron chi connectivity index (χ3n) is 3.11. The van der Waals surface area contributed by atoms with Gasteiger partial charge in [-0.25, -0.2) is 9.59 Å². The van der Waals surface area contributed by atoms with E-state index in [1.54, 1.807) is 12.1 Å². The lowest BCUT2D eigenvalue weighted by atomic mass is 10.1. The van der Waals surface area contributed by atoms with Crippen molar-refractivity contribution in [3.63, 3.8) is 0 Å². The summed E-state index contributed by atoms with van der Waals surface area (Å²) in [6, 6.07) is 13.7. The molecule has 22 heavy (non-hydrogen) atoms. The largest absolute Gasteiger partial charge is 0.478 e. The molecule has 0 unspecified atom stereocenters. The summed E-state index contributed by atoms with van der Waals surface area (Å²) >= 11 is 2.03. The Balaban J connectivity index is 2.08. The molecule has 114 valence electrons. The van der Waals surface area contributed by atoms with Gasteiger partial charge >= 0.3 is 12.0 Å². The average Bonchev–Trinajstić information content (AvgIpc) is 2.49. The van der Waals surface area contributed by atoms with Gasteiger partial charge in [0.25, 0.3) is 0 Å². The van der Waals surface area contributed by atoms with E-state index in [9.17, 15) is 14.7 Å². The fraction of sp³-hybridized carbons (Fsp3) is 0.125. The van der Waals surface area contributed by atoms with Crippen LogP contribution in [-0.2, 0) is 0 Å². The molecule has 1 atom stereocenters. The molecule has 0 aliphatic carbocycles. The number of nitrogens with one attached hydrogen (secondary N) is 2. The average molecular weight is 410 g/mol. The van der Waals surface area contributed by atoms with Gasteiger partial charge in [-0.2, -0.15) is 0 Å². The van der Waals surface area contributed by atoms with Crippen LogP contribution >= 0.6 is 22.6 Å². The molecule has 6 heteroatoms. The molecular weight excluding hydrogens is 395 g/mol. The second kappa shape index (κ2) is 7.26. The van der Waals surface area contributed by atoms with E-state index in [0.717, 1.165) is 9.13 Å². The molecule has 0 radical (unpaired) electrons. The Hall–Kier alpha value is -2.09. The fourth-order valence-electron chi connectivity index (χ4n) is 1.98. The smallest absolute Gasteiger partial charge is 0.337 e. The highest BCUT2D eigenvalue weighted by molar-refractivity contribution is 14.1. The SMILES string of the molecule is C[C@H](NC(=O)Nc1ccc(I)cc1C(=O)O)c1ccccc1. The van der Waals surface area contributed by atoms with Gasteiger partial charge in [0.2, 0.25) is 0 Å². The molecule has 0 saturated carbocycles. The number of halogens is 1. The summed E-state index contributed by atoms with van der Waals surface area (Å²) in [6.45, 7) is 1.86. The molecular formula is C16H15IN2O3. The minimum Gasteiger partial charge on any atom is -0.478 e. The molecule has 0 aliphatic rings. The Morgan fingerprint density at radius 2 is 1.82 bits per heavy atom. The van der Waals surface area contributed by atoms with E-state index in [2.05, 4.69) is 10.6 Å². The number of rotatable bonds is 4. The Kier molecular flexibility index (Phi) is 5.37. The zero-order chi connectivity index (χ0) is 16.1. The number of hydrogen-bond donors (Lipinski definition) is 3. The van der Waals surface area contributed by atoms with Crippen molar-refractivity contribution < 1.29 is 14.7 Å². The van der Waals surface area contributed by atoms with Gasteiger partial charge in [0.05, 0.1) is 17.3 Å². The van der Waals surface area contributed by atoms with Crippen LogP contribution < -0.4 is 10.6 Å². The topological polar surface area (TPSA) is 78.4 Å². The van der Waals surface area contributed by atoms with Gasteiger partial charge in [-0.3, -0.25) is 0 Å². The normalized spacial score (nSPS) is 11.5. The number of amides is 2. The number of anilines is 1. The summed E-state index contributed by atoms with van der Waals surface area (Å²) in [6.07, 6.45) is 0. The zero-order valence-electron chi connectivity index (χ0n) is 11.8. The molecule has 0 fully saturated rings. The number of carbonyl (C=O) groups excluding carboxylic acids is 1. The first-order valence-corrected chi connectivity index (χ1v) is 7.70. The Bertz CT molecular complexity index is 689. The number of carbonyl (C=O) groups is 2. The Morgan fingerprint density at radius 3 is 2.45 bits per heavy atom. The molecule has 2 rings (SSSR count). The van der Waals surface area contributed by atoms with Gasteiger partial charge < -0.3 is 15.7 Å². The van der Waals surface area contributed by atoms with Crippen LogP contribution in [0.15, 0.2) is 48.5 Å². The number of carboxylic acids is 1.